The highest BCUT2D eigenvalue weighted by atomic mass is 15.1. The van der Waals surface area contributed by atoms with Gasteiger partial charge in [-0.15, -0.1) is 0 Å². The SMILES string of the molecule is CN(CCCN)C(c1ccccc1)c1ccccc1. The minimum Gasteiger partial charge on any atom is -0.330 e. The van der Waals surface area contributed by atoms with Crippen LogP contribution in [-0.4, -0.2) is 25.0 Å². The maximum atomic E-state index is 5.63. The van der Waals surface area contributed by atoms with Crippen LogP contribution >= 0.6 is 0 Å². The lowest BCUT2D eigenvalue weighted by Crippen LogP contribution is -2.27. The Bertz CT molecular complexity index is 428. The Morgan fingerprint density at radius 1 is 0.895 bits per heavy atom. The van der Waals surface area contributed by atoms with E-state index in [1.54, 1.807) is 0 Å². The summed E-state index contributed by atoms with van der Waals surface area (Å²) < 4.78 is 0. The number of nitrogens with two attached hydrogens (primary N) is 1. The number of rotatable bonds is 6. The van der Waals surface area contributed by atoms with E-state index in [-0.39, 0.29) is 0 Å². The van der Waals surface area contributed by atoms with Crippen molar-refractivity contribution in [2.45, 2.75) is 12.5 Å². The summed E-state index contributed by atoms with van der Waals surface area (Å²) in [6.45, 7) is 1.74. The van der Waals surface area contributed by atoms with Crippen molar-refractivity contribution in [3.05, 3.63) is 71.8 Å². The third-order valence-corrected chi connectivity index (χ3v) is 3.39. The van der Waals surface area contributed by atoms with E-state index in [1.807, 2.05) is 0 Å². The number of benzene rings is 2. The average Bonchev–Trinajstić information content (AvgIpc) is 2.47. The number of hydrogen-bond donors (Lipinski definition) is 1. The van der Waals surface area contributed by atoms with Crippen LogP contribution in [0.2, 0.25) is 0 Å². The smallest absolute Gasteiger partial charge is 0.0599 e. The van der Waals surface area contributed by atoms with Crippen LogP contribution in [0.15, 0.2) is 60.7 Å². The molecule has 0 atom stereocenters. The summed E-state index contributed by atoms with van der Waals surface area (Å²) in [5.74, 6) is 0. The Morgan fingerprint density at radius 3 is 1.79 bits per heavy atom. The molecule has 100 valence electrons. The molecule has 0 spiro atoms. The maximum absolute atomic E-state index is 5.63. The molecular weight excluding hydrogens is 232 g/mol. The highest BCUT2D eigenvalue weighted by molar-refractivity contribution is 5.31. The van der Waals surface area contributed by atoms with Gasteiger partial charge in [-0.05, 0) is 37.7 Å². The van der Waals surface area contributed by atoms with Gasteiger partial charge >= 0.3 is 0 Å². The minimum absolute atomic E-state index is 0.300. The molecule has 0 radical (unpaired) electrons. The lowest BCUT2D eigenvalue weighted by atomic mass is 9.97. The van der Waals surface area contributed by atoms with Crippen LogP contribution < -0.4 is 5.73 Å². The molecule has 0 aliphatic heterocycles. The monoisotopic (exact) mass is 254 g/mol. The van der Waals surface area contributed by atoms with E-state index in [0.29, 0.717) is 6.04 Å². The Morgan fingerprint density at radius 2 is 1.37 bits per heavy atom. The molecule has 2 rings (SSSR count). The van der Waals surface area contributed by atoms with Gasteiger partial charge in [0.15, 0.2) is 0 Å². The highest BCUT2D eigenvalue weighted by Gasteiger charge is 2.18. The van der Waals surface area contributed by atoms with Gasteiger partial charge in [0.05, 0.1) is 6.04 Å². The quantitative estimate of drug-likeness (QED) is 0.858. The lowest BCUT2D eigenvalue weighted by molar-refractivity contribution is 0.277. The second kappa shape index (κ2) is 7.07. The molecule has 2 aromatic carbocycles. The van der Waals surface area contributed by atoms with Crippen LogP contribution in [0.4, 0.5) is 0 Å². The Balaban J connectivity index is 2.29. The van der Waals surface area contributed by atoms with Gasteiger partial charge in [0, 0.05) is 0 Å². The highest BCUT2D eigenvalue weighted by Crippen LogP contribution is 2.27. The van der Waals surface area contributed by atoms with Crippen LogP contribution in [0.3, 0.4) is 0 Å². The van der Waals surface area contributed by atoms with Crippen molar-refractivity contribution in [1.82, 2.24) is 4.90 Å². The molecule has 0 aliphatic rings. The molecule has 0 saturated carbocycles. The minimum atomic E-state index is 0.300. The van der Waals surface area contributed by atoms with Crippen molar-refractivity contribution in [2.75, 3.05) is 20.1 Å². The van der Waals surface area contributed by atoms with E-state index >= 15 is 0 Å². The summed E-state index contributed by atoms with van der Waals surface area (Å²) in [5.41, 5.74) is 8.28. The first-order chi connectivity index (χ1) is 9.33. The molecule has 2 aromatic rings. The average molecular weight is 254 g/mol. The second-order valence-corrected chi connectivity index (χ2v) is 4.85. The van der Waals surface area contributed by atoms with Crippen molar-refractivity contribution in [3.8, 4) is 0 Å². The zero-order valence-corrected chi connectivity index (χ0v) is 11.5. The van der Waals surface area contributed by atoms with Crippen LogP contribution in [-0.2, 0) is 0 Å². The normalized spacial score (nSPS) is 11.2. The number of nitrogens with zero attached hydrogens (tertiary/aromatic N) is 1. The summed E-state index contributed by atoms with van der Waals surface area (Å²) in [6.07, 6.45) is 1.02. The van der Waals surface area contributed by atoms with Crippen molar-refractivity contribution in [2.24, 2.45) is 5.73 Å². The fourth-order valence-corrected chi connectivity index (χ4v) is 2.44. The van der Waals surface area contributed by atoms with Gasteiger partial charge in [-0.25, -0.2) is 0 Å². The fraction of sp³-hybridized carbons (Fsp3) is 0.294. The van der Waals surface area contributed by atoms with Crippen molar-refractivity contribution in [1.29, 1.82) is 0 Å². The standard InChI is InChI=1S/C17H22N2/c1-19(14-8-13-18)17(15-9-4-2-5-10-15)16-11-6-3-7-12-16/h2-7,9-12,17H,8,13-14,18H2,1H3. The van der Waals surface area contributed by atoms with Gasteiger partial charge in [0.1, 0.15) is 0 Å². The first-order valence-corrected chi connectivity index (χ1v) is 6.83. The Hall–Kier alpha value is -1.64. The fourth-order valence-electron chi connectivity index (χ4n) is 2.44. The summed E-state index contributed by atoms with van der Waals surface area (Å²) in [7, 11) is 2.17. The van der Waals surface area contributed by atoms with Crippen molar-refractivity contribution >= 4 is 0 Å². The van der Waals surface area contributed by atoms with Gasteiger partial charge in [0.25, 0.3) is 0 Å². The molecule has 0 aliphatic carbocycles. The molecule has 0 unspecified atom stereocenters. The number of hydrogen-bond acceptors (Lipinski definition) is 2. The van der Waals surface area contributed by atoms with Gasteiger partial charge in [0.2, 0.25) is 0 Å². The first-order valence-electron chi connectivity index (χ1n) is 6.83. The summed E-state index contributed by atoms with van der Waals surface area (Å²) in [5, 5.41) is 0. The van der Waals surface area contributed by atoms with Crippen molar-refractivity contribution < 1.29 is 0 Å². The predicted molar refractivity (Wildman–Crippen MR) is 81.0 cm³/mol. The molecule has 2 N–H and O–H groups in total. The van der Waals surface area contributed by atoms with E-state index in [4.69, 9.17) is 5.73 Å². The molecule has 2 heteroatoms. The predicted octanol–water partition coefficient (Wildman–Crippen LogP) is 3.06. The Labute approximate surface area is 115 Å². The van der Waals surface area contributed by atoms with E-state index in [0.717, 1.165) is 19.5 Å². The molecule has 0 heterocycles. The molecule has 0 fully saturated rings. The molecular formula is C17H22N2. The summed E-state index contributed by atoms with van der Waals surface area (Å²) in [4.78, 5) is 2.37. The molecule has 0 bridgehead atoms. The zero-order chi connectivity index (χ0) is 13.5. The van der Waals surface area contributed by atoms with Gasteiger partial charge in [-0.1, -0.05) is 60.7 Å². The third kappa shape index (κ3) is 3.66. The second-order valence-electron chi connectivity index (χ2n) is 4.85. The van der Waals surface area contributed by atoms with Gasteiger partial charge in [-0.2, -0.15) is 0 Å². The summed E-state index contributed by atoms with van der Waals surface area (Å²) >= 11 is 0. The lowest BCUT2D eigenvalue weighted by Gasteiger charge is -2.29. The van der Waals surface area contributed by atoms with Gasteiger partial charge < -0.3 is 5.73 Å². The molecule has 0 saturated heterocycles. The third-order valence-electron chi connectivity index (χ3n) is 3.39. The van der Waals surface area contributed by atoms with E-state index in [9.17, 15) is 0 Å². The van der Waals surface area contributed by atoms with Gasteiger partial charge in [-0.3, -0.25) is 4.90 Å². The first kappa shape index (κ1) is 13.8. The van der Waals surface area contributed by atoms with E-state index in [1.165, 1.54) is 11.1 Å². The van der Waals surface area contributed by atoms with Crippen molar-refractivity contribution in [3.63, 3.8) is 0 Å². The van der Waals surface area contributed by atoms with Crippen LogP contribution in [0.5, 0.6) is 0 Å². The molecule has 0 amide bonds. The van der Waals surface area contributed by atoms with Crippen LogP contribution in [0.25, 0.3) is 0 Å². The molecule has 19 heavy (non-hydrogen) atoms. The maximum Gasteiger partial charge on any atom is 0.0599 e. The Kier molecular flexibility index (Phi) is 5.13. The largest absolute Gasteiger partial charge is 0.330 e. The van der Waals surface area contributed by atoms with E-state index in [2.05, 4.69) is 72.6 Å². The summed E-state index contributed by atoms with van der Waals surface area (Å²) in [6, 6.07) is 21.6. The zero-order valence-electron chi connectivity index (χ0n) is 11.5. The van der Waals surface area contributed by atoms with Crippen LogP contribution in [0.1, 0.15) is 23.6 Å². The van der Waals surface area contributed by atoms with E-state index < -0.39 is 0 Å². The molecule has 2 nitrogen and oxygen atoms in total. The topological polar surface area (TPSA) is 29.3 Å². The molecule has 0 aromatic heterocycles. The van der Waals surface area contributed by atoms with Crippen LogP contribution in [0, 0.1) is 0 Å².